The minimum Gasteiger partial charge on any atom is -0.441 e. The molecule has 0 saturated carbocycles. The van der Waals surface area contributed by atoms with Crippen LogP contribution >= 0.6 is 24.0 Å². The van der Waals surface area contributed by atoms with Gasteiger partial charge in [-0.15, -0.1) is 0 Å². The second-order valence-corrected chi connectivity index (χ2v) is 8.47. The second-order valence-electron chi connectivity index (χ2n) is 6.79. The van der Waals surface area contributed by atoms with Gasteiger partial charge in [-0.1, -0.05) is 54.3 Å². The van der Waals surface area contributed by atoms with Crippen LogP contribution in [0.4, 0.5) is 5.88 Å². The fourth-order valence-corrected chi connectivity index (χ4v) is 4.70. The van der Waals surface area contributed by atoms with Crippen LogP contribution in [0.5, 0.6) is 0 Å². The Morgan fingerprint density at radius 3 is 2.63 bits per heavy atom. The molecule has 0 bridgehead atoms. The van der Waals surface area contributed by atoms with Crippen molar-refractivity contribution in [1.82, 2.24) is 4.90 Å². The minimum absolute atomic E-state index is 0.0307. The van der Waals surface area contributed by atoms with Crippen LogP contribution in [0.3, 0.4) is 0 Å². The van der Waals surface area contributed by atoms with Gasteiger partial charge in [0.2, 0.25) is 0 Å². The van der Waals surface area contributed by atoms with E-state index in [1.54, 1.807) is 4.90 Å². The fraction of sp³-hybridized carbons (Fsp3) is 0.333. The summed E-state index contributed by atoms with van der Waals surface area (Å²) in [6.07, 6.45) is 6.30. The van der Waals surface area contributed by atoms with Gasteiger partial charge in [-0.05, 0) is 37.3 Å². The number of thioether (sulfide) groups is 1. The minimum atomic E-state index is -0.0307. The van der Waals surface area contributed by atoms with Crippen molar-refractivity contribution in [3.8, 4) is 0 Å². The van der Waals surface area contributed by atoms with Crippen molar-refractivity contribution in [3.05, 3.63) is 58.7 Å². The molecule has 140 valence electrons. The van der Waals surface area contributed by atoms with E-state index in [4.69, 9.17) is 16.6 Å². The Morgan fingerprint density at radius 2 is 1.85 bits per heavy atom. The molecule has 2 fully saturated rings. The molecule has 2 aliphatic heterocycles. The smallest absolute Gasteiger partial charge is 0.266 e. The van der Waals surface area contributed by atoms with Gasteiger partial charge in [-0.25, -0.2) is 0 Å². The molecule has 2 saturated heterocycles. The van der Waals surface area contributed by atoms with Gasteiger partial charge >= 0.3 is 0 Å². The Bertz CT molecular complexity index is 854. The van der Waals surface area contributed by atoms with Crippen molar-refractivity contribution < 1.29 is 9.21 Å². The third kappa shape index (κ3) is 4.28. The normalized spacial score (nSPS) is 19.3. The first-order chi connectivity index (χ1) is 13.2. The number of hydrogen-bond donors (Lipinski definition) is 0. The van der Waals surface area contributed by atoms with Crippen molar-refractivity contribution in [2.24, 2.45) is 0 Å². The molecule has 1 aromatic carbocycles. The van der Waals surface area contributed by atoms with Gasteiger partial charge in [0.25, 0.3) is 5.91 Å². The number of hydrogen-bond acceptors (Lipinski definition) is 5. The van der Waals surface area contributed by atoms with Crippen LogP contribution in [0.15, 0.2) is 51.8 Å². The lowest BCUT2D eigenvalue weighted by atomic mass is 10.1. The Balaban J connectivity index is 1.42. The van der Waals surface area contributed by atoms with Crippen LogP contribution in [0, 0.1) is 0 Å². The van der Waals surface area contributed by atoms with Gasteiger partial charge in [-0.3, -0.25) is 9.69 Å². The zero-order valence-electron chi connectivity index (χ0n) is 15.1. The topological polar surface area (TPSA) is 36.7 Å². The lowest BCUT2D eigenvalue weighted by Gasteiger charge is -2.25. The third-order valence-electron chi connectivity index (χ3n) is 4.89. The molecule has 4 nitrogen and oxygen atoms in total. The van der Waals surface area contributed by atoms with E-state index in [9.17, 15) is 4.79 Å². The molecule has 0 spiro atoms. The van der Waals surface area contributed by atoms with Gasteiger partial charge < -0.3 is 9.32 Å². The highest BCUT2D eigenvalue weighted by atomic mass is 32.2. The summed E-state index contributed by atoms with van der Waals surface area (Å²) in [6, 6.07) is 14.1. The summed E-state index contributed by atoms with van der Waals surface area (Å²) in [5.74, 6) is 1.57. The molecule has 2 aliphatic rings. The first-order valence-corrected chi connectivity index (χ1v) is 10.6. The molecule has 1 aromatic heterocycles. The summed E-state index contributed by atoms with van der Waals surface area (Å²) < 4.78 is 6.57. The maximum atomic E-state index is 12.7. The third-order valence-corrected chi connectivity index (χ3v) is 6.27. The van der Waals surface area contributed by atoms with Crippen LogP contribution in [0.25, 0.3) is 6.08 Å². The summed E-state index contributed by atoms with van der Waals surface area (Å²) in [5, 5.41) is 0. The van der Waals surface area contributed by atoms with Gasteiger partial charge in [0.1, 0.15) is 10.1 Å². The highest BCUT2D eigenvalue weighted by Crippen LogP contribution is 2.33. The van der Waals surface area contributed by atoms with E-state index < -0.39 is 0 Å². The quantitative estimate of drug-likeness (QED) is 0.538. The van der Waals surface area contributed by atoms with E-state index in [0.29, 0.717) is 21.5 Å². The predicted molar refractivity (Wildman–Crippen MR) is 115 cm³/mol. The lowest BCUT2D eigenvalue weighted by molar-refractivity contribution is -0.122. The van der Waals surface area contributed by atoms with Gasteiger partial charge in [0, 0.05) is 31.8 Å². The average Bonchev–Trinajstić information content (AvgIpc) is 3.27. The molecule has 0 unspecified atom stereocenters. The first-order valence-electron chi connectivity index (χ1n) is 9.35. The number of anilines is 1. The van der Waals surface area contributed by atoms with E-state index in [1.165, 1.54) is 36.6 Å². The highest BCUT2D eigenvalue weighted by Gasteiger charge is 2.32. The molecule has 1 amide bonds. The molecule has 0 aliphatic carbocycles. The molecule has 0 atom stereocenters. The van der Waals surface area contributed by atoms with Crippen LogP contribution in [0.2, 0.25) is 0 Å². The predicted octanol–water partition coefficient (Wildman–Crippen LogP) is 4.71. The number of benzene rings is 1. The van der Waals surface area contributed by atoms with Crippen molar-refractivity contribution in [2.75, 3.05) is 24.5 Å². The number of carbonyl (C=O) groups excluding carboxylic acids is 1. The molecular weight excluding hydrogens is 376 g/mol. The highest BCUT2D eigenvalue weighted by molar-refractivity contribution is 8.26. The number of rotatable bonds is 5. The van der Waals surface area contributed by atoms with E-state index >= 15 is 0 Å². The standard InChI is InChI=1S/C21H22N2O2S2/c24-20-18(15-17-9-10-19(25-17)22-12-5-2-6-13-22)27-21(26)23(20)14-11-16-7-3-1-4-8-16/h1,3-4,7-10,15H,2,5-6,11-14H2/b18-15-. The number of amides is 1. The largest absolute Gasteiger partial charge is 0.441 e. The van der Waals surface area contributed by atoms with E-state index in [-0.39, 0.29) is 5.91 Å². The Morgan fingerprint density at radius 1 is 1.07 bits per heavy atom. The fourth-order valence-electron chi connectivity index (χ4n) is 3.41. The van der Waals surface area contributed by atoms with Crippen molar-refractivity contribution in [2.45, 2.75) is 25.7 Å². The first kappa shape index (κ1) is 18.3. The molecule has 0 radical (unpaired) electrons. The van der Waals surface area contributed by atoms with Gasteiger partial charge in [0.15, 0.2) is 5.88 Å². The molecule has 3 heterocycles. The Labute approximate surface area is 169 Å². The van der Waals surface area contributed by atoms with E-state index in [1.807, 2.05) is 36.4 Å². The molecule has 6 heteroatoms. The van der Waals surface area contributed by atoms with Crippen LogP contribution in [-0.2, 0) is 11.2 Å². The number of nitrogens with zero attached hydrogens (tertiary/aromatic N) is 2. The molecule has 27 heavy (non-hydrogen) atoms. The second kappa shape index (κ2) is 8.31. The zero-order valence-corrected chi connectivity index (χ0v) is 16.7. The maximum absolute atomic E-state index is 12.7. The molecule has 2 aromatic rings. The van der Waals surface area contributed by atoms with Crippen LogP contribution in [0.1, 0.15) is 30.6 Å². The average molecular weight is 399 g/mol. The molecule has 4 rings (SSSR count). The summed E-state index contributed by atoms with van der Waals surface area (Å²) in [5.41, 5.74) is 1.20. The summed E-state index contributed by atoms with van der Waals surface area (Å²) in [6.45, 7) is 2.67. The Hall–Kier alpha value is -2.05. The number of piperidine rings is 1. The zero-order chi connectivity index (χ0) is 18.6. The summed E-state index contributed by atoms with van der Waals surface area (Å²) in [4.78, 5) is 17.3. The van der Waals surface area contributed by atoms with E-state index in [0.717, 1.165) is 25.4 Å². The van der Waals surface area contributed by atoms with Gasteiger partial charge in [-0.2, -0.15) is 0 Å². The molecular formula is C21H22N2O2S2. The van der Waals surface area contributed by atoms with Crippen molar-refractivity contribution >= 4 is 46.2 Å². The summed E-state index contributed by atoms with van der Waals surface area (Å²) in [7, 11) is 0. The number of carbonyl (C=O) groups is 1. The maximum Gasteiger partial charge on any atom is 0.266 e. The lowest BCUT2D eigenvalue weighted by Crippen LogP contribution is -2.30. The Kier molecular flexibility index (Phi) is 5.64. The molecule has 0 N–H and O–H groups in total. The van der Waals surface area contributed by atoms with Crippen LogP contribution < -0.4 is 4.90 Å². The number of furan rings is 1. The van der Waals surface area contributed by atoms with Crippen molar-refractivity contribution in [3.63, 3.8) is 0 Å². The van der Waals surface area contributed by atoms with Crippen LogP contribution in [-0.4, -0.2) is 34.8 Å². The van der Waals surface area contributed by atoms with E-state index in [2.05, 4.69) is 17.0 Å². The van der Waals surface area contributed by atoms with Gasteiger partial charge in [0.05, 0.1) is 4.91 Å². The monoisotopic (exact) mass is 398 g/mol. The van der Waals surface area contributed by atoms with Crippen molar-refractivity contribution in [1.29, 1.82) is 0 Å². The SMILES string of the molecule is O=C1/C(=C/c2ccc(N3CCCCC3)o2)SC(=S)N1CCc1ccccc1. The summed E-state index contributed by atoms with van der Waals surface area (Å²) >= 11 is 6.77. The number of thiocarbonyl (C=S) groups is 1.